The predicted octanol–water partition coefficient (Wildman–Crippen LogP) is 5.56. The molecule has 0 aliphatic carbocycles. The van der Waals surface area contributed by atoms with Gasteiger partial charge in [0.1, 0.15) is 11.8 Å². The molecule has 0 saturated carbocycles. The molecule has 10 heteroatoms. The van der Waals surface area contributed by atoms with Crippen LogP contribution in [0.4, 0.5) is 13.2 Å². The maximum Gasteiger partial charge on any atom is 0.416 e. The third-order valence-corrected chi connectivity index (χ3v) is 6.27. The number of guanidine groups is 1. The zero-order chi connectivity index (χ0) is 25.3. The average Bonchev–Trinajstić information content (AvgIpc) is 3.53. The summed E-state index contributed by atoms with van der Waals surface area (Å²) in [6.45, 7) is 0.951. The Morgan fingerprint density at radius 1 is 1.11 bits per heavy atom. The smallest absolute Gasteiger partial charge is 0.416 e. The van der Waals surface area contributed by atoms with E-state index in [-0.39, 0.29) is 18.6 Å². The second-order valence-corrected chi connectivity index (χ2v) is 8.71. The lowest BCUT2D eigenvalue weighted by molar-refractivity contribution is -0.137. The van der Waals surface area contributed by atoms with Crippen LogP contribution in [0.2, 0.25) is 0 Å². The van der Waals surface area contributed by atoms with Gasteiger partial charge in [0, 0.05) is 18.5 Å². The van der Waals surface area contributed by atoms with Gasteiger partial charge in [0.25, 0.3) is 0 Å². The van der Waals surface area contributed by atoms with Crippen molar-refractivity contribution in [3.63, 3.8) is 0 Å². The fraction of sp³-hybridized carbons (Fsp3) is 0.269. The number of nitrogens with one attached hydrogen (secondary N) is 1. The van der Waals surface area contributed by atoms with Crippen LogP contribution < -0.4 is 10.5 Å². The van der Waals surface area contributed by atoms with E-state index in [1.54, 1.807) is 11.0 Å². The number of halogens is 3. The molecule has 7 nitrogen and oxygen atoms in total. The number of aromatic nitrogens is 2. The van der Waals surface area contributed by atoms with Gasteiger partial charge in [-0.15, -0.1) is 0 Å². The number of rotatable bonds is 6. The van der Waals surface area contributed by atoms with E-state index < -0.39 is 11.7 Å². The highest BCUT2D eigenvalue weighted by Crippen LogP contribution is 2.33. The van der Waals surface area contributed by atoms with E-state index >= 15 is 0 Å². The van der Waals surface area contributed by atoms with Crippen LogP contribution in [0.15, 0.2) is 65.2 Å². The lowest BCUT2D eigenvalue weighted by Crippen LogP contribution is -2.35. The average molecular weight is 496 g/mol. The van der Waals surface area contributed by atoms with Gasteiger partial charge in [0.15, 0.2) is 5.96 Å². The lowest BCUT2D eigenvalue weighted by Gasteiger charge is -2.21. The number of ether oxygens (including phenoxy) is 1. The first-order valence-electron chi connectivity index (χ1n) is 11.6. The molecule has 186 valence electrons. The van der Waals surface area contributed by atoms with Crippen molar-refractivity contribution < 1.29 is 22.4 Å². The molecule has 1 aliphatic heterocycles. The molecule has 3 N–H and O–H groups in total. The maximum absolute atomic E-state index is 12.9. The van der Waals surface area contributed by atoms with Gasteiger partial charge in [-0.05, 0) is 53.4 Å². The zero-order valence-corrected chi connectivity index (χ0v) is 19.3. The molecule has 3 aromatic carbocycles. The molecule has 4 aromatic rings. The first-order chi connectivity index (χ1) is 17.3. The molecule has 1 fully saturated rings. The molecule has 0 amide bonds. The van der Waals surface area contributed by atoms with E-state index in [4.69, 9.17) is 20.4 Å². The van der Waals surface area contributed by atoms with Gasteiger partial charge >= 0.3 is 6.18 Å². The van der Waals surface area contributed by atoms with E-state index in [2.05, 4.69) is 10.1 Å². The summed E-state index contributed by atoms with van der Waals surface area (Å²) in [5, 5.41) is 13.7. The molecule has 0 spiro atoms. The van der Waals surface area contributed by atoms with Gasteiger partial charge in [-0.2, -0.15) is 18.2 Å². The highest BCUT2D eigenvalue weighted by atomic mass is 19.4. The molecular weight excluding hydrogens is 471 g/mol. The van der Waals surface area contributed by atoms with Crippen LogP contribution in [0.3, 0.4) is 0 Å². The molecule has 0 bridgehead atoms. The second-order valence-electron chi connectivity index (χ2n) is 8.71. The van der Waals surface area contributed by atoms with E-state index in [0.29, 0.717) is 36.0 Å². The summed E-state index contributed by atoms with van der Waals surface area (Å²) in [5.41, 5.74) is 6.37. The summed E-state index contributed by atoms with van der Waals surface area (Å²) in [5.74, 6) is 1.54. The van der Waals surface area contributed by atoms with E-state index in [1.807, 2.05) is 36.4 Å². The minimum atomic E-state index is -4.36. The summed E-state index contributed by atoms with van der Waals surface area (Å²) in [6, 6.07) is 16.5. The fourth-order valence-electron chi connectivity index (χ4n) is 4.44. The molecule has 5 rings (SSSR count). The fourth-order valence-corrected chi connectivity index (χ4v) is 4.44. The van der Waals surface area contributed by atoms with Crippen molar-refractivity contribution in [1.82, 2.24) is 15.0 Å². The maximum atomic E-state index is 12.9. The molecule has 0 radical (unpaired) electrons. The molecule has 1 unspecified atom stereocenters. The number of nitrogens with two attached hydrogens (primary N) is 1. The van der Waals surface area contributed by atoms with Crippen molar-refractivity contribution in [2.24, 2.45) is 5.73 Å². The predicted molar refractivity (Wildman–Crippen MR) is 128 cm³/mol. The van der Waals surface area contributed by atoms with Gasteiger partial charge in [-0.25, -0.2) is 0 Å². The number of nitrogens with zero attached hydrogens (tertiary/aromatic N) is 3. The number of hydrogen-bond acceptors (Lipinski definition) is 5. The standard InChI is InChI=1S/C26H24F3N5O2/c27-26(28,29)20-4-1-3-16(13-20)10-12-35-21-9-8-17-14-19(7-6-18(17)15-21)23-32-24(36-33-23)22-5-2-11-34(22)25(30)31/h1,3-4,6-9,13-15,22H,2,5,10-12H2,(H3,30,31). The number of likely N-dealkylation sites (tertiary alicyclic amines) is 1. The molecular formula is C26H24F3N5O2. The molecule has 2 heterocycles. The van der Waals surface area contributed by atoms with Gasteiger partial charge in [0.05, 0.1) is 12.2 Å². The summed E-state index contributed by atoms with van der Waals surface area (Å²) < 4.78 is 50.0. The summed E-state index contributed by atoms with van der Waals surface area (Å²) in [4.78, 5) is 6.30. The van der Waals surface area contributed by atoms with Crippen LogP contribution in [0.5, 0.6) is 5.75 Å². The third-order valence-electron chi connectivity index (χ3n) is 6.27. The van der Waals surface area contributed by atoms with E-state index in [0.717, 1.165) is 41.3 Å². The van der Waals surface area contributed by atoms with Crippen molar-refractivity contribution in [2.45, 2.75) is 31.5 Å². The van der Waals surface area contributed by atoms with Gasteiger partial charge < -0.3 is 19.9 Å². The van der Waals surface area contributed by atoms with Crippen molar-refractivity contribution >= 4 is 16.7 Å². The molecule has 1 atom stereocenters. The second kappa shape index (κ2) is 9.52. The van der Waals surface area contributed by atoms with Gasteiger partial charge in [-0.1, -0.05) is 41.6 Å². The first-order valence-corrected chi connectivity index (χ1v) is 11.6. The SMILES string of the molecule is N=C(N)N1CCCC1c1nc(-c2ccc3cc(OCCc4cccc(C(F)(F)F)c4)ccc3c2)no1. The van der Waals surface area contributed by atoms with Crippen LogP contribution in [0, 0.1) is 5.41 Å². The van der Waals surface area contributed by atoms with E-state index in [9.17, 15) is 13.2 Å². The van der Waals surface area contributed by atoms with Crippen LogP contribution in [-0.4, -0.2) is 34.2 Å². The summed E-state index contributed by atoms with van der Waals surface area (Å²) >= 11 is 0. The topological polar surface area (TPSA) is 101 Å². The Balaban J connectivity index is 1.26. The van der Waals surface area contributed by atoms with Gasteiger partial charge in [-0.3, -0.25) is 5.41 Å². The van der Waals surface area contributed by atoms with Crippen molar-refractivity contribution in [3.05, 3.63) is 77.7 Å². The Morgan fingerprint density at radius 3 is 2.72 bits per heavy atom. The Bertz CT molecular complexity index is 1400. The van der Waals surface area contributed by atoms with Crippen molar-refractivity contribution in [3.8, 4) is 17.1 Å². The quantitative estimate of drug-likeness (QED) is 0.268. The Hall–Kier alpha value is -4.08. The number of alkyl halides is 3. The minimum Gasteiger partial charge on any atom is -0.493 e. The summed E-state index contributed by atoms with van der Waals surface area (Å²) in [6.07, 6.45) is -2.29. The Kier molecular flexibility index (Phi) is 6.26. The molecule has 36 heavy (non-hydrogen) atoms. The third kappa shape index (κ3) is 4.98. The van der Waals surface area contributed by atoms with Crippen molar-refractivity contribution in [2.75, 3.05) is 13.2 Å². The van der Waals surface area contributed by atoms with Crippen LogP contribution in [0.25, 0.3) is 22.2 Å². The number of hydrogen-bond donors (Lipinski definition) is 2. The normalized spacial score (nSPS) is 16.0. The zero-order valence-electron chi connectivity index (χ0n) is 19.3. The van der Waals surface area contributed by atoms with Gasteiger partial charge in [0.2, 0.25) is 11.7 Å². The highest BCUT2D eigenvalue weighted by Gasteiger charge is 2.32. The van der Waals surface area contributed by atoms with Crippen LogP contribution in [-0.2, 0) is 12.6 Å². The van der Waals surface area contributed by atoms with Crippen LogP contribution in [0.1, 0.15) is 35.9 Å². The van der Waals surface area contributed by atoms with E-state index in [1.165, 1.54) is 6.07 Å². The molecule has 1 saturated heterocycles. The lowest BCUT2D eigenvalue weighted by atomic mass is 10.1. The summed E-state index contributed by atoms with van der Waals surface area (Å²) in [7, 11) is 0. The minimum absolute atomic E-state index is 0.00388. The monoisotopic (exact) mass is 495 g/mol. The first kappa shape index (κ1) is 23.7. The Morgan fingerprint density at radius 2 is 1.92 bits per heavy atom. The molecule has 1 aromatic heterocycles. The largest absolute Gasteiger partial charge is 0.493 e. The Labute approximate surface area is 205 Å². The molecule has 1 aliphatic rings. The number of benzene rings is 3. The van der Waals surface area contributed by atoms with Crippen LogP contribution >= 0.6 is 0 Å². The number of fused-ring (bicyclic) bond motifs is 1. The highest BCUT2D eigenvalue weighted by molar-refractivity contribution is 5.87. The van der Waals surface area contributed by atoms with Crippen molar-refractivity contribution in [1.29, 1.82) is 5.41 Å².